The first-order valence-corrected chi connectivity index (χ1v) is 14.2. The van der Waals surface area contributed by atoms with E-state index in [2.05, 4.69) is 32.2 Å². The second-order valence-electron chi connectivity index (χ2n) is 9.99. The molecule has 0 spiro atoms. The fourth-order valence-electron chi connectivity index (χ4n) is 4.44. The van der Waals surface area contributed by atoms with Gasteiger partial charge in [-0.2, -0.15) is 5.10 Å². The number of rotatable bonds is 7. The summed E-state index contributed by atoms with van der Waals surface area (Å²) in [5.41, 5.74) is 2.33. The van der Waals surface area contributed by atoms with Crippen LogP contribution in [-0.4, -0.2) is 41.0 Å². The largest absolute Gasteiger partial charge is 0.497 e. The molecule has 0 unspecified atom stereocenters. The van der Waals surface area contributed by atoms with Crippen molar-refractivity contribution in [1.82, 2.24) is 15.1 Å². The van der Waals surface area contributed by atoms with Gasteiger partial charge in [-0.3, -0.25) is 14.5 Å². The van der Waals surface area contributed by atoms with Gasteiger partial charge in [-0.1, -0.05) is 26.8 Å². The Balaban J connectivity index is 1.64. The highest BCUT2D eigenvalue weighted by molar-refractivity contribution is 8.00. The second-order valence-corrected chi connectivity index (χ2v) is 12.1. The predicted molar refractivity (Wildman–Crippen MR) is 150 cm³/mol. The summed E-state index contributed by atoms with van der Waals surface area (Å²) in [5, 5.41) is 9.93. The number of thioether (sulfide) groups is 1. The third-order valence-corrected chi connectivity index (χ3v) is 8.58. The van der Waals surface area contributed by atoms with Gasteiger partial charge in [0.25, 0.3) is 0 Å². The van der Waals surface area contributed by atoms with Crippen molar-refractivity contribution in [2.75, 3.05) is 24.3 Å². The van der Waals surface area contributed by atoms with E-state index < -0.39 is 0 Å². The molecular formula is C28H30N4O4S2. The Hall–Kier alpha value is -3.50. The fourth-order valence-corrected chi connectivity index (χ4v) is 6.62. The van der Waals surface area contributed by atoms with Gasteiger partial charge in [0.05, 0.1) is 42.3 Å². The number of benzene rings is 1. The van der Waals surface area contributed by atoms with Crippen molar-refractivity contribution in [3.8, 4) is 11.4 Å². The summed E-state index contributed by atoms with van der Waals surface area (Å²) in [6.45, 7) is 6.49. The molecule has 0 bridgehead atoms. The van der Waals surface area contributed by atoms with Crippen LogP contribution in [0.3, 0.4) is 0 Å². The number of thiophene rings is 1. The molecule has 38 heavy (non-hydrogen) atoms. The van der Waals surface area contributed by atoms with Gasteiger partial charge in [-0.05, 0) is 47.8 Å². The molecule has 3 aromatic heterocycles. The number of amides is 2. The number of hydrogen-bond acceptors (Lipinski definition) is 7. The standard InChI is InChI=1S/C28H30N4O4S2/c1-28(2,3)26-24-25(21-8-6-14-37-21)38-17-23(34)31(16-22(33)29-15-20-7-5-13-36-20)27(24)32(30-26)18-9-11-19(35-4)12-10-18/h5-14,25H,15-17H2,1-4H3,(H,29,33)/t25-/m0/s1. The minimum Gasteiger partial charge on any atom is -0.497 e. The van der Waals surface area contributed by atoms with Gasteiger partial charge in [0.15, 0.2) is 0 Å². The number of ether oxygens (including phenoxy) is 1. The van der Waals surface area contributed by atoms with Gasteiger partial charge in [0, 0.05) is 15.9 Å². The van der Waals surface area contributed by atoms with E-state index in [9.17, 15) is 9.59 Å². The number of aromatic nitrogens is 2. The molecule has 0 fully saturated rings. The average molecular weight is 551 g/mol. The normalized spacial score (nSPS) is 15.7. The molecule has 0 radical (unpaired) electrons. The van der Waals surface area contributed by atoms with E-state index in [-0.39, 0.29) is 41.3 Å². The topological polar surface area (TPSA) is 89.6 Å². The molecule has 4 aromatic rings. The van der Waals surface area contributed by atoms with Crippen LogP contribution in [0.4, 0.5) is 5.82 Å². The van der Waals surface area contributed by atoms with Crippen LogP contribution < -0.4 is 15.0 Å². The summed E-state index contributed by atoms with van der Waals surface area (Å²) in [5.74, 6) is 1.82. The van der Waals surface area contributed by atoms with Crippen molar-refractivity contribution in [2.45, 2.75) is 38.0 Å². The SMILES string of the molecule is COc1ccc(-n2nc(C(C)(C)C)c3c2N(CC(=O)NCc2ccco2)C(=O)CS[C@H]3c2cccs2)cc1. The molecule has 8 nitrogen and oxygen atoms in total. The number of nitrogens with zero attached hydrogens (tertiary/aromatic N) is 3. The van der Waals surface area contributed by atoms with Gasteiger partial charge >= 0.3 is 0 Å². The smallest absolute Gasteiger partial charge is 0.240 e. The average Bonchev–Trinajstić information content (AvgIpc) is 3.66. The Morgan fingerprint density at radius 2 is 1.97 bits per heavy atom. The lowest BCUT2D eigenvalue weighted by molar-refractivity contribution is -0.123. The summed E-state index contributed by atoms with van der Waals surface area (Å²) < 4.78 is 12.5. The highest BCUT2D eigenvalue weighted by Gasteiger charge is 2.40. The molecule has 0 aliphatic carbocycles. The molecule has 0 saturated carbocycles. The molecule has 1 aliphatic heterocycles. The number of furan rings is 1. The number of anilines is 1. The quantitative estimate of drug-likeness (QED) is 0.335. The summed E-state index contributed by atoms with van der Waals surface area (Å²) in [4.78, 5) is 29.5. The molecule has 4 heterocycles. The van der Waals surface area contributed by atoms with E-state index in [0.29, 0.717) is 11.6 Å². The van der Waals surface area contributed by atoms with Crippen LogP contribution in [-0.2, 0) is 21.5 Å². The van der Waals surface area contributed by atoms with Crippen LogP contribution in [0.25, 0.3) is 5.69 Å². The van der Waals surface area contributed by atoms with Crippen LogP contribution in [0.1, 0.15) is 47.9 Å². The molecule has 198 valence electrons. The van der Waals surface area contributed by atoms with Crippen molar-refractivity contribution >= 4 is 40.7 Å². The van der Waals surface area contributed by atoms with E-state index in [1.165, 1.54) is 0 Å². The number of fused-ring (bicyclic) bond motifs is 1. The number of carbonyl (C=O) groups excluding carboxylic acids is 2. The molecular weight excluding hydrogens is 520 g/mol. The molecule has 10 heteroatoms. The van der Waals surface area contributed by atoms with E-state index in [0.717, 1.165) is 27.6 Å². The van der Waals surface area contributed by atoms with E-state index in [1.54, 1.807) is 58.2 Å². The van der Waals surface area contributed by atoms with Gasteiger partial charge < -0.3 is 14.5 Å². The van der Waals surface area contributed by atoms with Crippen molar-refractivity contribution in [3.05, 3.63) is 82.1 Å². The summed E-state index contributed by atoms with van der Waals surface area (Å²) >= 11 is 3.24. The van der Waals surface area contributed by atoms with Gasteiger partial charge in [-0.15, -0.1) is 23.1 Å². The predicted octanol–water partition coefficient (Wildman–Crippen LogP) is 5.32. The molecule has 5 rings (SSSR count). The first-order chi connectivity index (χ1) is 18.3. The Labute approximate surface area is 230 Å². The number of carbonyl (C=O) groups is 2. The summed E-state index contributed by atoms with van der Waals surface area (Å²) in [6, 6.07) is 15.3. The van der Waals surface area contributed by atoms with Crippen LogP contribution in [0, 0.1) is 0 Å². The van der Waals surface area contributed by atoms with Crippen molar-refractivity contribution in [1.29, 1.82) is 0 Å². The lowest BCUT2D eigenvalue weighted by atomic mass is 9.88. The maximum atomic E-state index is 13.7. The highest BCUT2D eigenvalue weighted by Crippen LogP contribution is 2.49. The highest BCUT2D eigenvalue weighted by atomic mass is 32.2. The third kappa shape index (κ3) is 5.23. The molecule has 1 aliphatic rings. The summed E-state index contributed by atoms with van der Waals surface area (Å²) in [6.07, 6.45) is 1.56. The fraction of sp³-hybridized carbons (Fsp3) is 0.321. The van der Waals surface area contributed by atoms with Gasteiger partial charge in [-0.25, -0.2) is 4.68 Å². The molecule has 1 N–H and O–H groups in total. The lowest BCUT2D eigenvalue weighted by Crippen LogP contribution is -2.42. The van der Waals surface area contributed by atoms with Crippen molar-refractivity contribution in [3.63, 3.8) is 0 Å². The molecule has 1 atom stereocenters. The summed E-state index contributed by atoms with van der Waals surface area (Å²) in [7, 11) is 1.62. The van der Waals surface area contributed by atoms with Crippen LogP contribution in [0.5, 0.6) is 5.75 Å². The van der Waals surface area contributed by atoms with Crippen molar-refractivity contribution in [2.24, 2.45) is 0 Å². The zero-order valence-corrected chi connectivity index (χ0v) is 23.4. The van der Waals surface area contributed by atoms with Crippen LogP contribution in [0.15, 0.2) is 64.6 Å². The zero-order chi connectivity index (χ0) is 26.9. The molecule has 1 aromatic carbocycles. The number of nitrogens with one attached hydrogen (secondary N) is 1. The van der Waals surface area contributed by atoms with Crippen molar-refractivity contribution < 1.29 is 18.7 Å². The first kappa shape index (κ1) is 26.1. The minimum atomic E-state index is -0.307. The third-order valence-electron chi connectivity index (χ3n) is 6.26. The Kier molecular flexibility index (Phi) is 7.36. The monoisotopic (exact) mass is 550 g/mol. The van der Waals surface area contributed by atoms with Gasteiger partial charge in [0.1, 0.15) is 23.9 Å². The lowest BCUT2D eigenvalue weighted by Gasteiger charge is -2.24. The maximum Gasteiger partial charge on any atom is 0.240 e. The van der Waals surface area contributed by atoms with E-state index >= 15 is 0 Å². The van der Waals surface area contributed by atoms with E-state index in [4.69, 9.17) is 14.3 Å². The zero-order valence-electron chi connectivity index (χ0n) is 21.8. The Bertz CT molecular complexity index is 1400. The first-order valence-electron chi connectivity index (χ1n) is 12.3. The Morgan fingerprint density at radius 1 is 1.18 bits per heavy atom. The Morgan fingerprint density at radius 3 is 2.61 bits per heavy atom. The second kappa shape index (κ2) is 10.7. The maximum absolute atomic E-state index is 13.7. The van der Waals surface area contributed by atoms with Crippen LogP contribution in [0.2, 0.25) is 0 Å². The van der Waals surface area contributed by atoms with Gasteiger partial charge in [0.2, 0.25) is 11.8 Å². The van der Waals surface area contributed by atoms with E-state index in [1.807, 2.05) is 35.7 Å². The number of hydrogen-bond donors (Lipinski definition) is 1. The molecule has 2 amide bonds. The minimum absolute atomic E-state index is 0.0913. The number of methoxy groups -OCH3 is 1. The molecule has 0 saturated heterocycles. The van der Waals surface area contributed by atoms with Crippen LogP contribution >= 0.6 is 23.1 Å².